The predicted octanol–water partition coefficient (Wildman–Crippen LogP) is 9.87. The van der Waals surface area contributed by atoms with Crippen LogP contribution in [-0.4, -0.2) is 170 Å². The van der Waals surface area contributed by atoms with Crippen LogP contribution in [0.15, 0.2) is 324 Å². The number of ether oxygens (including phenoxy) is 2. The molecule has 9 aromatic carbocycles. The number of ketones is 1. The van der Waals surface area contributed by atoms with Gasteiger partial charge < -0.3 is 79.1 Å². The minimum Gasteiger partial charge on any atom is -1.00 e. The monoisotopic (exact) mass is 1850 g/mol. The van der Waals surface area contributed by atoms with E-state index in [0.29, 0.717) is 89.3 Å². The van der Waals surface area contributed by atoms with E-state index in [-0.39, 0.29) is 184 Å². The van der Waals surface area contributed by atoms with E-state index in [4.69, 9.17) is 48.5 Å². The summed E-state index contributed by atoms with van der Waals surface area (Å²) in [5, 5.41) is 42.3. The Bertz CT molecular complexity index is 4140. The molecule has 3 radical (unpaired) electrons. The van der Waals surface area contributed by atoms with Crippen molar-refractivity contribution in [3.63, 3.8) is 0 Å². The van der Waals surface area contributed by atoms with Crippen LogP contribution in [0.4, 0.5) is 9.59 Å². The quantitative estimate of drug-likeness (QED) is 0.00284. The molecule has 2 fully saturated rings. The summed E-state index contributed by atoms with van der Waals surface area (Å²) >= 11 is 11.1. The molecular weight excluding hydrogens is 1720 g/mol. The van der Waals surface area contributed by atoms with Crippen LogP contribution in [0.5, 0.6) is 0 Å². The number of hydrogen-bond acceptors (Lipinski definition) is 14. The number of carbonyl (C=O) groups is 4. The fourth-order valence-corrected chi connectivity index (χ4v) is 13.7. The van der Waals surface area contributed by atoms with Gasteiger partial charge in [-0.3, -0.25) is 9.59 Å². The van der Waals surface area contributed by atoms with Crippen LogP contribution >= 0.6 is 23.2 Å². The minimum absolute atomic E-state index is 0. The molecule has 4 atom stereocenters. The van der Waals surface area contributed by atoms with Crippen molar-refractivity contribution in [2.45, 2.75) is 133 Å². The molecular formula is C101H130BBrCl2K2MgN5O11. The number of nitrogens with zero attached hydrogens (tertiary/aromatic N) is 3. The van der Waals surface area contributed by atoms with Crippen LogP contribution in [0.25, 0.3) is 0 Å². The fraction of sp³-hybridized carbons (Fsp3) is 0.337. The largest absolute Gasteiger partial charge is 2.00 e. The first-order valence-corrected chi connectivity index (χ1v) is 42.1. The molecule has 0 aromatic heterocycles. The second-order valence-corrected chi connectivity index (χ2v) is 28.8. The van der Waals surface area contributed by atoms with Crippen molar-refractivity contribution in [2.24, 2.45) is 5.73 Å². The zero-order valence-electron chi connectivity index (χ0n) is 74.9. The Morgan fingerprint density at radius 1 is 0.565 bits per heavy atom. The standard InChI is InChI=1S/C21H25NO3.C21H23NO2.C20H25NO.C12H15ClO.C9H9ClO.C8H11N.C6H15N.C3H5.CH2O3.B.BrH.2K.Mg.H/c23-17-7-13-21(19-10-5-2-6-11-19)14-16-22(20(24)25-21)15-12-18-8-3-1-4-9-18;1-2-14-21(19-11-7-4-8-12-19)15-17-22(20(23)24-21)16-13-18-9-5-3-6-10-18;1-2-14-20(22,19-11-7-4-8-12-19)15-17-21-16-13-18-9-5-3-6-10-18;1-2-8-12(14,9-10-13)11-6-4-3-5-7-11;10-7-6-9(11)8-4-2-1-3-5-8;9-7-6-8-4-2-1-3-5-8;1-4-7(5-2)6-3;1-3-2;2-1-4-3;;;;;;/h1-6,8-11,23H,7,12-17H2;2-12H,1,13-17H2;2-12,21-22H,1,13-17H2;2-7,14H,1,8-10H2;1-5H,6-7H2;1-5H,6-7,9H2;4-6H2,1-3H3;3H,1-2H2;1,3H;;1H;;;;/q;;;;;;;-1;;;;2*+1;+2;-1/p-2/t;21-;;;;;;;;;;;;;/m.1............./s1. The number of hydrogen-bond donors (Lipinski definition) is 5. The van der Waals surface area contributed by atoms with E-state index in [1.807, 2.05) is 206 Å². The van der Waals surface area contributed by atoms with Crippen molar-refractivity contribution in [3.8, 4) is 0 Å². The molecule has 9 aromatic rings. The summed E-state index contributed by atoms with van der Waals surface area (Å²) in [7, 11) is 0. The summed E-state index contributed by atoms with van der Waals surface area (Å²) in [5.41, 5.74) is 12.2. The normalized spacial score (nSPS) is 14.5. The van der Waals surface area contributed by atoms with E-state index >= 15 is 0 Å². The van der Waals surface area contributed by atoms with Gasteiger partial charge in [0, 0.05) is 84.2 Å². The van der Waals surface area contributed by atoms with Gasteiger partial charge in [-0.2, -0.15) is 0 Å². The van der Waals surface area contributed by atoms with Crippen LogP contribution in [0.2, 0.25) is 0 Å². The van der Waals surface area contributed by atoms with Crippen molar-refractivity contribution in [1.29, 1.82) is 0 Å². The molecule has 0 spiro atoms. The van der Waals surface area contributed by atoms with Crippen LogP contribution in [-0.2, 0) is 67.2 Å². The fourth-order valence-electron chi connectivity index (χ4n) is 13.2. The van der Waals surface area contributed by atoms with Gasteiger partial charge in [0.15, 0.2) is 5.78 Å². The first-order valence-electron chi connectivity index (χ1n) is 41.1. The molecule has 23 heteroatoms. The van der Waals surface area contributed by atoms with Gasteiger partial charge in [-0.1, -0.05) is 312 Å². The number of benzene rings is 9. The third-order valence-electron chi connectivity index (χ3n) is 19.8. The van der Waals surface area contributed by atoms with Gasteiger partial charge in [0.1, 0.15) is 11.2 Å². The third kappa shape index (κ3) is 49.2. The summed E-state index contributed by atoms with van der Waals surface area (Å²) in [6, 6.07) is 89.6. The van der Waals surface area contributed by atoms with Gasteiger partial charge in [-0.25, -0.2) is 29.2 Å². The number of Topliss-reactive ketones (excluding diaryl/α,β-unsaturated/α-hetero) is 1. The molecule has 653 valence electrons. The summed E-state index contributed by atoms with van der Waals surface area (Å²) in [6.07, 6.45) is 16.2. The Hall–Kier alpha value is -5.63. The van der Waals surface area contributed by atoms with E-state index < -0.39 is 22.4 Å². The summed E-state index contributed by atoms with van der Waals surface area (Å²) < 4.78 is 11.9. The van der Waals surface area contributed by atoms with E-state index in [2.05, 4.69) is 130 Å². The molecule has 11 rings (SSSR count). The summed E-state index contributed by atoms with van der Waals surface area (Å²) in [4.78, 5) is 53.5. The van der Waals surface area contributed by atoms with Gasteiger partial charge in [0.25, 0.3) is 6.47 Å². The molecule has 2 aliphatic heterocycles. The number of nitrogens with two attached hydrogens (primary N) is 1. The molecule has 6 N–H and O–H groups in total. The molecule has 2 aliphatic rings. The number of allylic oxidation sites excluding steroid dienone is 1. The first kappa shape index (κ1) is 123. The predicted molar refractivity (Wildman–Crippen MR) is 500 cm³/mol. The number of halogens is 3. The average molecular weight is 1850 g/mol. The molecule has 0 saturated carbocycles. The summed E-state index contributed by atoms with van der Waals surface area (Å²) in [5.74, 6) is 0.952. The molecule has 0 bridgehead atoms. The maximum absolute atomic E-state index is 12.6. The molecule has 3 unspecified atom stereocenters. The number of nitrogens with one attached hydrogen (secondary N) is 1. The van der Waals surface area contributed by atoms with Crippen molar-refractivity contribution in [2.75, 3.05) is 83.8 Å². The van der Waals surface area contributed by atoms with Crippen LogP contribution in [0.1, 0.15) is 141 Å². The Balaban J connectivity index is -0.000000691. The van der Waals surface area contributed by atoms with E-state index in [0.717, 1.165) is 86.0 Å². The van der Waals surface area contributed by atoms with Gasteiger partial charge in [-0.05, 0) is 148 Å². The third-order valence-corrected chi connectivity index (χ3v) is 20.2. The number of amides is 2. The molecule has 0 aliphatic carbocycles. The molecule has 2 amide bonds. The number of rotatable bonds is 36. The van der Waals surface area contributed by atoms with E-state index in [1.165, 1.54) is 48.0 Å². The second-order valence-electron chi connectivity index (χ2n) is 28.0. The Kier molecular flexibility index (Phi) is 75.3. The Morgan fingerprint density at radius 2 is 0.903 bits per heavy atom. The first-order chi connectivity index (χ1) is 57.9. The van der Waals surface area contributed by atoms with Crippen LogP contribution in [0.3, 0.4) is 0 Å². The zero-order valence-corrected chi connectivity index (χ0v) is 84.7. The summed E-state index contributed by atoms with van der Waals surface area (Å²) in [6.45, 7) is 33.0. The average Bonchev–Trinajstić information content (AvgIpc) is 0.786. The molecule has 16 nitrogen and oxygen atoms in total. The second kappa shape index (κ2) is 76.3. The number of carbonyl (C=O) groups excluding carboxylic acids is 4. The molecule has 2 saturated heterocycles. The molecule has 2 heterocycles. The number of cyclic esters (lactones) is 2. The smallest absolute Gasteiger partial charge is 1.00 e. The Morgan fingerprint density at radius 3 is 1.23 bits per heavy atom. The SMILES string of the molecule is C=CCC(O)(CCCl)c1ccccc1.C=CCC(O)(CCNCCc1ccccc1)c1ccccc1.C=CC[C@]1(c2ccccc2)CCN(CCc2ccccc2)C(=O)O1.C=C[CH2-].CCN(CC)CC.NCCc1ccccc1.O=C(CCCl)c1ccccc1.O=C1OC(CCCO)(c2ccccc2)CCN1CCc1ccccc1.O=CO[O-].[B].[Br-].[H-].[K+].[K+].[Mg+2]. The van der Waals surface area contributed by atoms with Crippen molar-refractivity contribution >= 4 is 79.1 Å². The van der Waals surface area contributed by atoms with Crippen molar-refractivity contribution in [1.82, 2.24) is 20.0 Å². The van der Waals surface area contributed by atoms with Crippen molar-refractivity contribution in [3.05, 3.63) is 381 Å². The number of aliphatic hydroxyl groups excluding tert-OH is 1. The number of aliphatic hydroxyl groups is 3. The molecule has 124 heavy (non-hydrogen) atoms. The van der Waals surface area contributed by atoms with E-state index in [1.54, 1.807) is 34.1 Å². The maximum Gasteiger partial charge on any atom is 2.00 e. The zero-order chi connectivity index (χ0) is 86.9. The Labute approximate surface area is 867 Å². The van der Waals surface area contributed by atoms with Crippen LogP contribution < -0.4 is 136 Å². The number of alkyl halides is 2. The van der Waals surface area contributed by atoms with Crippen molar-refractivity contribution < 1.29 is 175 Å². The van der Waals surface area contributed by atoms with E-state index in [9.17, 15) is 29.7 Å². The maximum atomic E-state index is 12.6. The minimum atomic E-state index is -0.856. The van der Waals surface area contributed by atoms with Gasteiger partial charge in [0.2, 0.25) is 0 Å². The van der Waals surface area contributed by atoms with Gasteiger partial charge in [-0.15, -0.1) is 42.9 Å². The van der Waals surface area contributed by atoms with Crippen LogP contribution in [0, 0.1) is 6.92 Å². The van der Waals surface area contributed by atoms with Gasteiger partial charge >= 0.3 is 138 Å². The topological polar surface area (TPSA) is 227 Å². The van der Waals surface area contributed by atoms with Gasteiger partial charge in [0.05, 0.1) is 11.2 Å².